The van der Waals surface area contributed by atoms with Crippen molar-refractivity contribution < 1.29 is 9.18 Å². The van der Waals surface area contributed by atoms with Gasteiger partial charge in [0.25, 0.3) is 0 Å². The van der Waals surface area contributed by atoms with E-state index in [2.05, 4.69) is 26.1 Å². The Kier molecular flexibility index (Phi) is 5.84. The molecule has 0 aliphatic heterocycles. The molecule has 0 spiro atoms. The van der Waals surface area contributed by atoms with Crippen molar-refractivity contribution in [2.24, 2.45) is 0 Å². The first-order chi connectivity index (χ1) is 13.2. The molecule has 0 radical (unpaired) electrons. The number of hydrogen-bond acceptors (Lipinski definition) is 2. The molecule has 1 aromatic heterocycles. The fraction of sp³-hybridized carbons (Fsp3) is 0.273. The van der Waals surface area contributed by atoms with Gasteiger partial charge in [-0.3, -0.25) is 4.79 Å². The molecule has 0 aliphatic carbocycles. The molecule has 3 aromatic rings. The number of halogens is 2. The summed E-state index contributed by atoms with van der Waals surface area (Å²) in [4.78, 5) is 12.3. The van der Waals surface area contributed by atoms with Crippen molar-refractivity contribution in [3.05, 3.63) is 82.4 Å². The first-order valence-corrected chi connectivity index (χ1v) is 9.47. The van der Waals surface area contributed by atoms with Crippen LogP contribution < -0.4 is 5.32 Å². The predicted molar refractivity (Wildman–Crippen MR) is 109 cm³/mol. The second kappa shape index (κ2) is 8.15. The van der Waals surface area contributed by atoms with E-state index in [4.69, 9.17) is 16.7 Å². The maximum Gasteiger partial charge on any atom is 0.224 e. The lowest BCUT2D eigenvalue weighted by atomic mass is 9.92. The third-order valence-corrected chi connectivity index (χ3v) is 4.56. The quantitative estimate of drug-likeness (QED) is 0.668. The number of nitrogens with zero attached hydrogens (tertiary/aromatic N) is 2. The summed E-state index contributed by atoms with van der Waals surface area (Å²) in [6.45, 7) is 6.57. The van der Waals surface area contributed by atoms with Crippen molar-refractivity contribution in [3.63, 3.8) is 0 Å². The van der Waals surface area contributed by atoms with Crippen molar-refractivity contribution >= 4 is 17.5 Å². The Morgan fingerprint density at radius 3 is 2.57 bits per heavy atom. The number of nitrogens with one attached hydrogen (secondary N) is 1. The SMILES string of the molecule is CC(C)(C)c1cc(CNC(=O)Cc2cccc(F)c2)n(-c2cccc(Cl)c2)n1. The number of aromatic nitrogens is 2. The fourth-order valence-corrected chi connectivity index (χ4v) is 3.01. The Balaban J connectivity index is 1.80. The largest absolute Gasteiger partial charge is 0.350 e. The third-order valence-electron chi connectivity index (χ3n) is 4.32. The van der Waals surface area contributed by atoms with E-state index in [-0.39, 0.29) is 23.6 Å². The normalized spacial score (nSPS) is 11.5. The van der Waals surface area contributed by atoms with Crippen LogP contribution in [0.1, 0.15) is 37.7 Å². The Hall–Kier alpha value is -2.66. The molecular weight excluding hydrogens is 377 g/mol. The summed E-state index contributed by atoms with van der Waals surface area (Å²) in [6.07, 6.45) is 0.120. The lowest BCUT2D eigenvalue weighted by molar-refractivity contribution is -0.120. The van der Waals surface area contributed by atoms with Crippen LogP contribution in [0.5, 0.6) is 0 Å². The zero-order chi connectivity index (χ0) is 20.3. The number of hydrogen-bond donors (Lipinski definition) is 1. The zero-order valence-electron chi connectivity index (χ0n) is 16.2. The van der Waals surface area contributed by atoms with Crippen LogP contribution in [-0.2, 0) is 23.2 Å². The summed E-state index contributed by atoms with van der Waals surface area (Å²) >= 11 is 6.13. The molecule has 0 aliphatic rings. The van der Waals surface area contributed by atoms with Gasteiger partial charge in [-0.05, 0) is 42.0 Å². The lowest BCUT2D eigenvalue weighted by Crippen LogP contribution is -2.25. The van der Waals surface area contributed by atoms with Gasteiger partial charge in [-0.2, -0.15) is 5.10 Å². The molecule has 3 rings (SSSR count). The van der Waals surface area contributed by atoms with Crippen LogP contribution in [0, 0.1) is 5.82 Å². The monoisotopic (exact) mass is 399 g/mol. The smallest absolute Gasteiger partial charge is 0.224 e. The van der Waals surface area contributed by atoms with E-state index < -0.39 is 0 Å². The number of carbonyl (C=O) groups is 1. The Morgan fingerprint density at radius 2 is 1.89 bits per heavy atom. The van der Waals surface area contributed by atoms with Crippen LogP contribution in [-0.4, -0.2) is 15.7 Å². The molecule has 28 heavy (non-hydrogen) atoms. The molecule has 1 N–H and O–H groups in total. The maximum atomic E-state index is 13.3. The summed E-state index contributed by atoms with van der Waals surface area (Å²) < 4.78 is 15.1. The number of rotatable bonds is 5. The van der Waals surface area contributed by atoms with Crippen LogP contribution >= 0.6 is 11.6 Å². The second-order valence-electron chi connectivity index (χ2n) is 7.75. The van der Waals surface area contributed by atoms with Gasteiger partial charge < -0.3 is 5.32 Å². The highest BCUT2D eigenvalue weighted by atomic mass is 35.5. The molecular formula is C22H23ClFN3O. The highest BCUT2D eigenvalue weighted by Gasteiger charge is 2.21. The highest BCUT2D eigenvalue weighted by Crippen LogP contribution is 2.24. The minimum Gasteiger partial charge on any atom is -0.350 e. The van der Waals surface area contributed by atoms with Gasteiger partial charge in [0.2, 0.25) is 5.91 Å². The van der Waals surface area contributed by atoms with E-state index in [0.29, 0.717) is 17.1 Å². The van der Waals surface area contributed by atoms with Gasteiger partial charge in [0.1, 0.15) is 5.82 Å². The van der Waals surface area contributed by atoms with Gasteiger partial charge >= 0.3 is 0 Å². The summed E-state index contributed by atoms with van der Waals surface area (Å²) in [5.41, 5.74) is 3.10. The molecule has 0 fully saturated rings. The van der Waals surface area contributed by atoms with Gasteiger partial charge in [-0.1, -0.05) is 50.6 Å². The van der Waals surface area contributed by atoms with Crippen LogP contribution in [0.2, 0.25) is 5.02 Å². The number of benzene rings is 2. The van der Waals surface area contributed by atoms with Crippen LogP contribution in [0.3, 0.4) is 0 Å². The van der Waals surface area contributed by atoms with Gasteiger partial charge in [0, 0.05) is 10.4 Å². The molecule has 0 saturated carbocycles. The average molecular weight is 400 g/mol. The van der Waals surface area contributed by atoms with Crippen LogP contribution in [0.4, 0.5) is 4.39 Å². The van der Waals surface area contributed by atoms with Crippen molar-refractivity contribution in [2.45, 2.75) is 39.2 Å². The summed E-state index contributed by atoms with van der Waals surface area (Å²) in [5, 5.41) is 8.24. The van der Waals surface area contributed by atoms with E-state index in [9.17, 15) is 9.18 Å². The molecule has 2 aromatic carbocycles. The predicted octanol–water partition coefficient (Wildman–Crippen LogP) is 4.82. The molecule has 4 nitrogen and oxygen atoms in total. The maximum absolute atomic E-state index is 13.3. The molecule has 0 unspecified atom stereocenters. The topological polar surface area (TPSA) is 46.9 Å². The first-order valence-electron chi connectivity index (χ1n) is 9.09. The van der Waals surface area contributed by atoms with Crippen molar-refractivity contribution in [2.75, 3.05) is 0 Å². The molecule has 0 bridgehead atoms. The zero-order valence-corrected chi connectivity index (χ0v) is 16.9. The Labute approximate surface area is 169 Å². The van der Waals surface area contributed by atoms with E-state index >= 15 is 0 Å². The lowest BCUT2D eigenvalue weighted by Gasteiger charge is -2.14. The molecule has 1 amide bonds. The van der Waals surface area contributed by atoms with Gasteiger partial charge in [0.05, 0.1) is 30.0 Å². The second-order valence-corrected chi connectivity index (χ2v) is 8.18. The standard InChI is InChI=1S/C22H23ClFN3O/c1-22(2,3)20-13-19(27(26-20)18-9-5-7-16(23)12-18)14-25-21(28)11-15-6-4-8-17(24)10-15/h4-10,12-13H,11,14H2,1-3H3,(H,25,28). The highest BCUT2D eigenvalue weighted by molar-refractivity contribution is 6.30. The van der Waals surface area contributed by atoms with E-state index in [0.717, 1.165) is 17.1 Å². The third kappa shape index (κ3) is 4.98. The molecule has 0 saturated heterocycles. The summed E-state index contributed by atoms with van der Waals surface area (Å²) in [6, 6.07) is 15.5. The fourth-order valence-electron chi connectivity index (χ4n) is 2.83. The molecule has 146 valence electrons. The van der Waals surface area contributed by atoms with Gasteiger partial charge in [-0.15, -0.1) is 0 Å². The van der Waals surface area contributed by atoms with Crippen molar-refractivity contribution in [3.8, 4) is 5.69 Å². The van der Waals surface area contributed by atoms with Crippen molar-refractivity contribution in [1.29, 1.82) is 0 Å². The molecule has 0 atom stereocenters. The van der Waals surface area contributed by atoms with Crippen LogP contribution in [0.25, 0.3) is 5.69 Å². The molecule has 6 heteroatoms. The minimum absolute atomic E-state index is 0.120. The van der Waals surface area contributed by atoms with Crippen molar-refractivity contribution in [1.82, 2.24) is 15.1 Å². The van der Waals surface area contributed by atoms with E-state index in [1.807, 2.05) is 24.3 Å². The van der Waals surface area contributed by atoms with Gasteiger partial charge in [-0.25, -0.2) is 9.07 Å². The Bertz CT molecular complexity index is 991. The first kappa shape index (κ1) is 20.1. The minimum atomic E-state index is -0.348. The van der Waals surface area contributed by atoms with Crippen LogP contribution in [0.15, 0.2) is 54.6 Å². The summed E-state index contributed by atoms with van der Waals surface area (Å²) in [7, 11) is 0. The molecule has 1 heterocycles. The average Bonchev–Trinajstić information content (AvgIpc) is 3.05. The Morgan fingerprint density at radius 1 is 1.14 bits per heavy atom. The van der Waals surface area contributed by atoms with E-state index in [1.165, 1.54) is 12.1 Å². The van der Waals surface area contributed by atoms with E-state index in [1.54, 1.807) is 22.9 Å². The summed E-state index contributed by atoms with van der Waals surface area (Å²) in [5.74, 6) is -0.527. The number of amides is 1. The number of carbonyl (C=O) groups excluding carboxylic acids is 1. The van der Waals surface area contributed by atoms with Gasteiger partial charge in [0.15, 0.2) is 0 Å².